The van der Waals surface area contributed by atoms with Gasteiger partial charge in [-0.25, -0.2) is 4.98 Å². The Bertz CT molecular complexity index is 437. The molecule has 0 aromatic carbocycles. The molecular weight excluding hydrogens is 292 g/mol. The van der Waals surface area contributed by atoms with Gasteiger partial charge >= 0.3 is 0 Å². The molecule has 2 saturated heterocycles. The van der Waals surface area contributed by atoms with Crippen LogP contribution in [-0.2, 0) is 0 Å². The molecule has 5 heteroatoms. The summed E-state index contributed by atoms with van der Waals surface area (Å²) in [6, 6.07) is 3.12. The Morgan fingerprint density at radius 1 is 1.33 bits per heavy atom. The Balaban J connectivity index is 1.72. The fourth-order valence-corrected chi connectivity index (χ4v) is 3.63. The summed E-state index contributed by atoms with van der Waals surface area (Å²) in [5.41, 5.74) is 6.41. The molecule has 3 rings (SSSR count). The highest BCUT2D eigenvalue weighted by Crippen LogP contribution is 2.31. The third-order valence-corrected chi connectivity index (χ3v) is 4.64. The van der Waals surface area contributed by atoms with Gasteiger partial charge in [-0.05, 0) is 47.8 Å². The number of nitrogens with one attached hydrogen (secondary N) is 1. The fourth-order valence-electron chi connectivity index (χ4n) is 3.15. The largest absolute Gasteiger partial charge is 0.397 e. The third-order valence-electron chi connectivity index (χ3n) is 4.04. The molecule has 0 radical (unpaired) electrons. The number of nitrogens with zero attached hydrogens (tertiary/aromatic N) is 2. The second-order valence-corrected chi connectivity index (χ2v) is 6.09. The number of pyridine rings is 1. The lowest BCUT2D eigenvalue weighted by molar-refractivity contribution is 0.192. The zero-order valence-corrected chi connectivity index (χ0v) is 12.0. The summed E-state index contributed by atoms with van der Waals surface area (Å²) in [7, 11) is 0. The molecule has 0 aliphatic carbocycles. The minimum absolute atomic E-state index is 0.526. The van der Waals surface area contributed by atoms with E-state index >= 15 is 0 Å². The van der Waals surface area contributed by atoms with Crippen LogP contribution in [0.5, 0.6) is 0 Å². The van der Waals surface area contributed by atoms with Crippen LogP contribution in [0.3, 0.4) is 0 Å². The van der Waals surface area contributed by atoms with Crippen molar-refractivity contribution >= 4 is 27.4 Å². The molecule has 98 valence electrons. The number of hydrogen-bond donors (Lipinski definition) is 2. The van der Waals surface area contributed by atoms with Crippen molar-refractivity contribution in [1.82, 2.24) is 9.88 Å². The Morgan fingerprint density at radius 3 is 3.06 bits per heavy atom. The molecule has 0 amide bonds. The molecule has 2 aliphatic heterocycles. The minimum Gasteiger partial charge on any atom is -0.397 e. The Hall–Kier alpha value is -0.810. The number of halogens is 1. The highest BCUT2D eigenvalue weighted by Gasteiger charge is 2.35. The van der Waals surface area contributed by atoms with Crippen LogP contribution in [0.4, 0.5) is 11.5 Å². The summed E-state index contributed by atoms with van der Waals surface area (Å²) in [6.45, 7) is 2.48. The minimum atomic E-state index is 0.526. The summed E-state index contributed by atoms with van der Waals surface area (Å²) >= 11 is 3.52. The predicted octanol–water partition coefficient (Wildman–Crippen LogP) is 2.47. The molecule has 4 nitrogen and oxygen atoms in total. The van der Waals surface area contributed by atoms with Crippen LogP contribution in [0, 0.1) is 0 Å². The van der Waals surface area contributed by atoms with Crippen molar-refractivity contribution in [1.29, 1.82) is 0 Å². The number of fused-ring (bicyclic) bond motifs is 1. The Morgan fingerprint density at radius 2 is 2.22 bits per heavy atom. The van der Waals surface area contributed by atoms with E-state index in [0.717, 1.165) is 10.3 Å². The molecule has 3 N–H and O–H groups in total. The van der Waals surface area contributed by atoms with E-state index in [1.165, 1.54) is 38.8 Å². The maximum atomic E-state index is 5.71. The second-order valence-electron chi connectivity index (χ2n) is 5.24. The third kappa shape index (κ3) is 2.34. The first kappa shape index (κ1) is 12.2. The van der Waals surface area contributed by atoms with Gasteiger partial charge in [0.1, 0.15) is 5.82 Å². The molecule has 0 bridgehead atoms. The molecular formula is C13H19BrN4. The number of piperidine rings is 1. The van der Waals surface area contributed by atoms with Crippen molar-refractivity contribution in [2.75, 3.05) is 24.1 Å². The molecule has 18 heavy (non-hydrogen) atoms. The topological polar surface area (TPSA) is 54.2 Å². The summed E-state index contributed by atoms with van der Waals surface area (Å²) in [4.78, 5) is 6.99. The fraction of sp³-hybridized carbons (Fsp3) is 0.615. The lowest BCUT2D eigenvalue weighted by atomic mass is 9.99. The summed E-state index contributed by atoms with van der Waals surface area (Å²) < 4.78 is 0.955. The van der Waals surface area contributed by atoms with Crippen LogP contribution >= 0.6 is 15.9 Å². The maximum absolute atomic E-state index is 5.71. The summed E-state index contributed by atoms with van der Waals surface area (Å²) in [6.07, 6.45) is 6.94. The number of hydrogen-bond acceptors (Lipinski definition) is 4. The van der Waals surface area contributed by atoms with Crippen LogP contribution in [0.25, 0.3) is 0 Å². The molecule has 2 fully saturated rings. The number of anilines is 2. The van der Waals surface area contributed by atoms with Gasteiger partial charge in [0.05, 0.1) is 16.4 Å². The molecule has 1 aromatic rings. The van der Waals surface area contributed by atoms with Crippen molar-refractivity contribution in [2.24, 2.45) is 0 Å². The van der Waals surface area contributed by atoms with E-state index in [2.05, 4.69) is 31.1 Å². The molecule has 2 atom stereocenters. The van der Waals surface area contributed by atoms with Crippen LogP contribution < -0.4 is 11.1 Å². The van der Waals surface area contributed by atoms with Gasteiger partial charge < -0.3 is 11.1 Å². The van der Waals surface area contributed by atoms with Gasteiger partial charge in [0.15, 0.2) is 0 Å². The van der Waals surface area contributed by atoms with Crippen molar-refractivity contribution in [3.63, 3.8) is 0 Å². The lowest BCUT2D eigenvalue weighted by Gasteiger charge is -2.32. The van der Waals surface area contributed by atoms with Crippen molar-refractivity contribution in [2.45, 2.75) is 37.8 Å². The Kier molecular flexibility index (Phi) is 3.43. The lowest BCUT2D eigenvalue weighted by Crippen LogP contribution is -2.41. The maximum Gasteiger partial charge on any atom is 0.140 e. The van der Waals surface area contributed by atoms with Gasteiger partial charge in [-0.15, -0.1) is 0 Å². The van der Waals surface area contributed by atoms with Crippen molar-refractivity contribution in [3.8, 4) is 0 Å². The first-order valence-corrected chi connectivity index (χ1v) is 7.45. The normalized spacial score (nSPS) is 28.1. The molecule has 1 aromatic heterocycles. The van der Waals surface area contributed by atoms with E-state index in [9.17, 15) is 0 Å². The number of nitrogens with two attached hydrogens (primary N) is 1. The van der Waals surface area contributed by atoms with E-state index in [1.54, 1.807) is 6.20 Å². The van der Waals surface area contributed by atoms with E-state index in [-0.39, 0.29) is 0 Å². The number of aromatic nitrogens is 1. The highest BCUT2D eigenvalue weighted by molar-refractivity contribution is 9.10. The quantitative estimate of drug-likeness (QED) is 0.881. The van der Waals surface area contributed by atoms with Crippen molar-refractivity contribution in [3.05, 3.63) is 16.7 Å². The van der Waals surface area contributed by atoms with E-state index in [1.807, 2.05) is 6.07 Å². The van der Waals surface area contributed by atoms with Gasteiger partial charge in [0.2, 0.25) is 0 Å². The molecule has 0 saturated carbocycles. The standard InChI is InChI=1S/C13H19BrN4/c14-10-7-9(15)8-16-13(10)17-11-4-6-18-5-2-1-3-12(11)18/h7-8,11-12H,1-6,15H2,(H,16,17). The van der Waals surface area contributed by atoms with Crippen molar-refractivity contribution < 1.29 is 0 Å². The highest BCUT2D eigenvalue weighted by atomic mass is 79.9. The molecule has 3 heterocycles. The zero-order valence-electron chi connectivity index (χ0n) is 10.4. The predicted molar refractivity (Wildman–Crippen MR) is 77.6 cm³/mol. The Labute approximate surface area is 116 Å². The van der Waals surface area contributed by atoms with Gasteiger partial charge in [-0.3, -0.25) is 4.90 Å². The van der Waals surface area contributed by atoms with Crippen LogP contribution in [-0.4, -0.2) is 35.1 Å². The molecule has 2 aliphatic rings. The van der Waals surface area contributed by atoms with Crippen LogP contribution in [0.1, 0.15) is 25.7 Å². The van der Waals surface area contributed by atoms with Crippen LogP contribution in [0.15, 0.2) is 16.7 Å². The molecule has 2 unspecified atom stereocenters. The SMILES string of the molecule is Nc1cnc(NC2CCN3CCCCC23)c(Br)c1. The second kappa shape index (κ2) is 5.05. The van der Waals surface area contributed by atoms with Gasteiger partial charge in [0, 0.05) is 18.6 Å². The van der Waals surface area contributed by atoms with Gasteiger partial charge in [-0.1, -0.05) is 6.42 Å². The van der Waals surface area contributed by atoms with Crippen LogP contribution in [0.2, 0.25) is 0 Å². The van der Waals surface area contributed by atoms with E-state index in [0.29, 0.717) is 17.8 Å². The first-order valence-electron chi connectivity index (χ1n) is 6.65. The number of rotatable bonds is 2. The first-order chi connectivity index (χ1) is 8.74. The number of nitrogen functional groups attached to an aromatic ring is 1. The average molecular weight is 311 g/mol. The summed E-state index contributed by atoms with van der Waals surface area (Å²) in [5.74, 6) is 0.918. The van der Waals surface area contributed by atoms with E-state index < -0.39 is 0 Å². The molecule has 0 spiro atoms. The average Bonchev–Trinajstić information content (AvgIpc) is 2.76. The zero-order chi connectivity index (χ0) is 12.5. The van der Waals surface area contributed by atoms with E-state index in [4.69, 9.17) is 5.73 Å². The summed E-state index contributed by atoms with van der Waals surface area (Å²) in [5, 5.41) is 3.58. The van der Waals surface area contributed by atoms with Gasteiger partial charge in [-0.2, -0.15) is 0 Å². The smallest absolute Gasteiger partial charge is 0.140 e. The van der Waals surface area contributed by atoms with Gasteiger partial charge in [0.25, 0.3) is 0 Å². The monoisotopic (exact) mass is 310 g/mol.